The number of benzene rings is 3. The van der Waals surface area contributed by atoms with Crippen LogP contribution in [0.2, 0.25) is 0 Å². The van der Waals surface area contributed by atoms with Crippen LogP contribution < -0.4 is 20.3 Å². The molecule has 0 aliphatic carbocycles. The topological polar surface area (TPSA) is 70.7 Å². The summed E-state index contributed by atoms with van der Waals surface area (Å²) in [5.74, 6) is 0.414. The normalized spacial score (nSPS) is 15.9. The van der Waals surface area contributed by atoms with Gasteiger partial charge in [0.2, 0.25) is 11.8 Å². The van der Waals surface area contributed by atoms with E-state index >= 15 is 0 Å². The van der Waals surface area contributed by atoms with Crippen molar-refractivity contribution in [3.63, 3.8) is 0 Å². The van der Waals surface area contributed by atoms with Crippen LogP contribution in [0.5, 0.6) is 5.75 Å². The summed E-state index contributed by atoms with van der Waals surface area (Å²) in [4.78, 5) is 28.0. The van der Waals surface area contributed by atoms with Crippen LogP contribution in [-0.4, -0.2) is 30.9 Å². The molecular weight excluding hydrogens is 462 g/mol. The molecule has 184 valence electrons. The molecule has 0 aromatic heterocycles. The molecule has 1 aliphatic heterocycles. The van der Waals surface area contributed by atoms with Gasteiger partial charge in [0.1, 0.15) is 18.4 Å². The fraction of sp³-hybridized carbons (Fsp3) is 0.286. The van der Waals surface area contributed by atoms with E-state index < -0.39 is 6.04 Å². The standard InChI is InChI=1S/C28H31N3O3.ClH/c1-20(29-2)27(32)30-25-16-14-23-13-15-24(34-19-22-11-7-4-8-12-22)17-26(23)31(28(25)33)18-21-9-5-3-6-10-21;/h3-13,15,17,20,25,29H,14,16,18-19H2,1-2H3,(H,30,32);1H/t20-,25-;/m0./s1. The van der Waals surface area contributed by atoms with Crippen molar-refractivity contribution in [2.24, 2.45) is 0 Å². The number of carbonyl (C=O) groups is 2. The molecule has 0 bridgehead atoms. The number of likely N-dealkylation sites (N-methyl/N-ethyl adjacent to an activating group) is 1. The Balaban J connectivity index is 0.00000342. The lowest BCUT2D eigenvalue weighted by Crippen LogP contribution is -2.52. The summed E-state index contributed by atoms with van der Waals surface area (Å²) >= 11 is 0. The Kier molecular flexibility index (Phi) is 9.29. The van der Waals surface area contributed by atoms with E-state index in [2.05, 4.69) is 10.6 Å². The first-order valence-electron chi connectivity index (χ1n) is 11.7. The van der Waals surface area contributed by atoms with Crippen molar-refractivity contribution in [1.29, 1.82) is 0 Å². The Bertz CT molecular complexity index is 1120. The maximum absolute atomic E-state index is 13.7. The quantitative estimate of drug-likeness (QED) is 0.492. The van der Waals surface area contributed by atoms with Gasteiger partial charge in [-0.05, 0) is 49.6 Å². The van der Waals surface area contributed by atoms with Crippen LogP contribution >= 0.6 is 12.4 Å². The first-order valence-corrected chi connectivity index (χ1v) is 11.7. The summed E-state index contributed by atoms with van der Waals surface area (Å²) in [5, 5.41) is 5.88. The molecule has 3 aromatic carbocycles. The van der Waals surface area contributed by atoms with Gasteiger partial charge in [-0.1, -0.05) is 66.7 Å². The van der Waals surface area contributed by atoms with Crippen LogP contribution in [0.25, 0.3) is 0 Å². The number of nitrogens with one attached hydrogen (secondary N) is 2. The van der Waals surface area contributed by atoms with E-state index in [0.717, 1.165) is 22.4 Å². The first-order chi connectivity index (χ1) is 16.5. The molecule has 2 amide bonds. The third-order valence-corrected chi connectivity index (χ3v) is 6.19. The first kappa shape index (κ1) is 26.3. The lowest BCUT2D eigenvalue weighted by atomic mass is 10.1. The molecule has 0 saturated carbocycles. The van der Waals surface area contributed by atoms with Crippen LogP contribution in [0.1, 0.15) is 30.0 Å². The highest BCUT2D eigenvalue weighted by molar-refractivity contribution is 6.01. The number of aryl methyl sites for hydroxylation is 1. The summed E-state index contributed by atoms with van der Waals surface area (Å²) < 4.78 is 6.05. The molecule has 1 aliphatic rings. The zero-order valence-corrected chi connectivity index (χ0v) is 20.9. The van der Waals surface area contributed by atoms with Gasteiger partial charge in [0.25, 0.3) is 0 Å². The Morgan fingerprint density at radius 1 is 1.03 bits per heavy atom. The lowest BCUT2D eigenvalue weighted by molar-refractivity contribution is -0.128. The highest BCUT2D eigenvalue weighted by Gasteiger charge is 2.32. The lowest BCUT2D eigenvalue weighted by Gasteiger charge is -2.27. The maximum Gasteiger partial charge on any atom is 0.249 e. The molecule has 0 spiro atoms. The van der Waals surface area contributed by atoms with Crippen molar-refractivity contribution >= 4 is 29.9 Å². The highest BCUT2D eigenvalue weighted by Crippen LogP contribution is 2.32. The van der Waals surface area contributed by atoms with Crippen LogP contribution in [0, 0.1) is 0 Å². The van der Waals surface area contributed by atoms with Crippen molar-refractivity contribution in [1.82, 2.24) is 10.6 Å². The van der Waals surface area contributed by atoms with Crippen molar-refractivity contribution in [3.05, 3.63) is 95.6 Å². The largest absolute Gasteiger partial charge is 0.489 e. The Morgan fingerprint density at radius 3 is 2.34 bits per heavy atom. The van der Waals surface area contributed by atoms with E-state index in [1.165, 1.54) is 0 Å². The summed E-state index contributed by atoms with van der Waals surface area (Å²) in [6.45, 7) is 2.65. The van der Waals surface area contributed by atoms with Crippen molar-refractivity contribution in [2.45, 2.75) is 45.0 Å². The molecule has 0 fully saturated rings. The van der Waals surface area contributed by atoms with Gasteiger partial charge in [-0.2, -0.15) is 0 Å². The van der Waals surface area contributed by atoms with E-state index in [-0.39, 0.29) is 30.3 Å². The number of anilines is 1. The molecule has 3 aromatic rings. The molecule has 2 atom stereocenters. The molecule has 35 heavy (non-hydrogen) atoms. The minimum Gasteiger partial charge on any atom is -0.489 e. The second-order valence-corrected chi connectivity index (χ2v) is 8.58. The summed E-state index contributed by atoms with van der Waals surface area (Å²) in [7, 11) is 1.73. The number of rotatable bonds is 8. The number of nitrogens with zero attached hydrogens (tertiary/aromatic N) is 1. The van der Waals surface area contributed by atoms with Gasteiger partial charge >= 0.3 is 0 Å². The van der Waals surface area contributed by atoms with E-state index in [4.69, 9.17) is 4.74 Å². The van der Waals surface area contributed by atoms with E-state index in [9.17, 15) is 9.59 Å². The van der Waals surface area contributed by atoms with Crippen LogP contribution in [-0.2, 0) is 29.2 Å². The number of fused-ring (bicyclic) bond motifs is 1. The van der Waals surface area contributed by atoms with E-state index in [1.807, 2.05) is 78.9 Å². The molecule has 1 heterocycles. The smallest absolute Gasteiger partial charge is 0.249 e. The zero-order chi connectivity index (χ0) is 23.9. The number of ether oxygens (including phenoxy) is 1. The van der Waals surface area contributed by atoms with E-state index in [0.29, 0.717) is 31.7 Å². The predicted molar refractivity (Wildman–Crippen MR) is 141 cm³/mol. The fourth-order valence-electron chi connectivity index (χ4n) is 4.06. The van der Waals surface area contributed by atoms with Gasteiger partial charge in [-0.15, -0.1) is 12.4 Å². The van der Waals surface area contributed by atoms with Crippen LogP contribution in [0.4, 0.5) is 5.69 Å². The number of carbonyl (C=O) groups excluding carboxylic acids is 2. The number of hydrogen-bond acceptors (Lipinski definition) is 4. The maximum atomic E-state index is 13.7. The molecule has 0 unspecified atom stereocenters. The number of amides is 2. The summed E-state index contributed by atoms with van der Waals surface area (Å²) in [5.41, 5.74) is 4.00. The molecular formula is C28H32ClN3O3. The second kappa shape index (κ2) is 12.4. The van der Waals surface area contributed by atoms with E-state index in [1.54, 1.807) is 18.9 Å². The Hall–Kier alpha value is -3.35. The third kappa shape index (κ3) is 6.62. The van der Waals surface area contributed by atoms with Gasteiger partial charge < -0.3 is 20.3 Å². The third-order valence-electron chi connectivity index (χ3n) is 6.19. The molecule has 6 nitrogen and oxygen atoms in total. The average molecular weight is 494 g/mol. The van der Waals surface area contributed by atoms with Crippen molar-refractivity contribution in [2.75, 3.05) is 11.9 Å². The summed E-state index contributed by atoms with van der Waals surface area (Å²) in [6.07, 6.45) is 1.23. The summed E-state index contributed by atoms with van der Waals surface area (Å²) in [6, 6.07) is 24.8. The van der Waals surface area contributed by atoms with Gasteiger partial charge in [0.15, 0.2) is 0 Å². The second-order valence-electron chi connectivity index (χ2n) is 8.58. The number of halogens is 1. The monoisotopic (exact) mass is 493 g/mol. The molecule has 4 rings (SSSR count). The average Bonchev–Trinajstić information content (AvgIpc) is 3.00. The highest BCUT2D eigenvalue weighted by atomic mass is 35.5. The Labute approximate surface area is 213 Å². The van der Waals surface area contributed by atoms with Gasteiger partial charge in [-0.3, -0.25) is 9.59 Å². The number of hydrogen-bond donors (Lipinski definition) is 2. The van der Waals surface area contributed by atoms with Gasteiger partial charge in [0.05, 0.1) is 18.3 Å². The molecule has 0 saturated heterocycles. The fourth-order valence-corrected chi connectivity index (χ4v) is 4.06. The predicted octanol–water partition coefficient (Wildman–Crippen LogP) is 4.26. The van der Waals surface area contributed by atoms with Crippen molar-refractivity contribution < 1.29 is 14.3 Å². The van der Waals surface area contributed by atoms with Crippen LogP contribution in [0.3, 0.4) is 0 Å². The van der Waals surface area contributed by atoms with Gasteiger partial charge in [0, 0.05) is 6.07 Å². The zero-order valence-electron chi connectivity index (χ0n) is 20.1. The molecule has 0 radical (unpaired) electrons. The molecule has 2 N–H and O–H groups in total. The SMILES string of the molecule is CN[C@@H](C)C(=O)N[C@H]1CCc2ccc(OCc3ccccc3)cc2N(Cc2ccccc2)C1=O.Cl. The minimum atomic E-state index is -0.590. The Morgan fingerprint density at radius 2 is 1.69 bits per heavy atom. The minimum absolute atomic E-state index is 0. The molecule has 7 heteroatoms. The van der Waals surface area contributed by atoms with Crippen LogP contribution in [0.15, 0.2) is 78.9 Å². The van der Waals surface area contributed by atoms with Crippen molar-refractivity contribution in [3.8, 4) is 5.75 Å². The van der Waals surface area contributed by atoms with Gasteiger partial charge in [-0.25, -0.2) is 0 Å².